The van der Waals surface area contributed by atoms with Crippen LogP contribution in [0.5, 0.6) is 5.75 Å². The van der Waals surface area contributed by atoms with Crippen molar-refractivity contribution < 1.29 is 4.74 Å². The first-order valence-electron chi connectivity index (χ1n) is 8.62. The van der Waals surface area contributed by atoms with Crippen molar-refractivity contribution in [2.24, 2.45) is 0 Å². The fraction of sp³-hybridized carbons (Fsp3) is 0.143. The Labute approximate surface area is 151 Å². The van der Waals surface area contributed by atoms with Crippen LogP contribution in [0.4, 0.5) is 17.1 Å². The van der Waals surface area contributed by atoms with Crippen molar-refractivity contribution in [3.8, 4) is 5.75 Å². The van der Waals surface area contributed by atoms with Gasteiger partial charge in [0.2, 0.25) is 0 Å². The van der Waals surface area contributed by atoms with Crippen LogP contribution in [-0.4, -0.2) is 23.2 Å². The molecule has 3 heterocycles. The Morgan fingerprint density at radius 1 is 1.08 bits per heavy atom. The highest BCUT2D eigenvalue weighted by Crippen LogP contribution is 2.46. The summed E-state index contributed by atoms with van der Waals surface area (Å²) in [5.41, 5.74) is 5.12. The molecule has 128 valence electrons. The Morgan fingerprint density at radius 3 is 2.85 bits per heavy atom. The van der Waals surface area contributed by atoms with E-state index in [2.05, 4.69) is 45.3 Å². The molecule has 4 aromatic rings. The number of para-hydroxylation sites is 1. The number of anilines is 3. The fourth-order valence-electron chi connectivity index (χ4n) is 3.75. The molecule has 1 N–H and O–H groups in total. The summed E-state index contributed by atoms with van der Waals surface area (Å²) in [6.07, 6.45) is 3.82. The standard InChI is InChI=1S/C21H18N4O/c1-13-24-18-12-23-17-8-4-3-7-16(17)21(18)25(13)19-11-15(26-2)10-14-6-5-9-22-20(14)19/h3-13,24H,1-2H3. The Kier molecular flexibility index (Phi) is 3.22. The van der Waals surface area contributed by atoms with Crippen LogP contribution in [-0.2, 0) is 0 Å². The normalized spacial score (nSPS) is 15.9. The lowest BCUT2D eigenvalue weighted by Gasteiger charge is -2.26. The first-order valence-corrected chi connectivity index (χ1v) is 8.62. The van der Waals surface area contributed by atoms with E-state index < -0.39 is 0 Å². The van der Waals surface area contributed by atoms with Gasteiger partial charge >= 0.3 is 0 Å². The van der Waals surface area contributed by atoms with Gasteiger partial charge in [-0.05, 0) is 25.1 Å². The zero-order chi connectivity index (χ0) is 17.7. The third-order valence-corrected chi connectivity index (χ3v) is 4.89. The quantitative estimate of drug-likeness (QED) is 0.572. The van der Waals surface area contributed by atoms with E-state index in [1.165, 1.54) is 0 Å². The number of rotatable bonds is 2. The van der Waals surface area contributed by atoms with Gasteiger partial charge in [0.05, 0.1) is 41.4 Å². The summed E-state index contributed by atoms with van der Waals surface area (Å²) in [5.74, 6) is 0.819. The number of hydrogen-bond donors (Lipinski definition) is 1. The third-order valence-electron chi connectivity index (χ3n) is 4.89. The summed E-state index contributed by atoms with van der Waals surface area (Å²) in [4.78, 5) is 11.5. The maximum absolute atomic E-state index is 5.55. The van der Waals surface area contributed by atoms with E-state index in [0.717, 1.165) is 44.6 Å². The summed E-state index contributed by atoms with van der Waals surface area (Å²) in [7, 11) is 1.69. The topological polar surface area (TPSA) is 50.3 Å². The monoisotopic (exact) mass is 342 g/mol. The SMILES string of the molecule is COc1cc(N2c3c(cnc4ccccc34)NC2C)c2ncccc2c1. The zero-order valence-electron chi connectivity index (χ0n) is 14.6. The molecule has 1 unspecified atom stereocenters. The first-order chi connectivity index (χ1) is 12.8. The van der Waals surface area contributed by atoms with Crippen LogP contribution in [0, 0.1) is 0 Å². The lowest BCUT2D eigenvalue weighted by Crippen LogP contribution is -2.28. The lowest BCUT2D eigenvalue weighted by molar-refractivity contribution is 0.415. The molecule has 5 nitrogen and oxygen atoms in total. The van der Waals surface area contributed by atoms with E-state index in [-0.39, 0.29) is 6.17 Å². The van der Waals surface area contributed by atoms with Gasteiger partial charge in [-0.2, -0.15) is 0 Å². The van der Waals surface area contributed by atoms with Gasteiger partial charge < -0.3 is 15.0 Å². The molecule has 0 saturated heterocycles. The van der Waals surface area contributed by atoms with Crippen LogP contribution in [0.2, 0.25) is 0 Å². The summed E-state index contributed by atoms with van der Waals surface area (Å²) in [6.45, 7) is 2.14. The minimum Gasteiger partial charge on any atom is -0.497 e. The fourth-order valence-corrected chi connectivity index (χ4v) is 3.75. The third kappa shape index (κ3) is 2.10. The van der Waals surface area contributed by atoms with Crippen LogP contribution in [0.15, 0.2) is 60.9 Å². The molecule has 0 radical (unpaired) electrons. The largest absolute Gasteiger partial charge is 0.497 e. The number of ether oxygens (including phenoxy) is 1. The average molecular weight is 342 g/mol. The van der Waals surface area contributed by atoms with Gasteiger partial charge in [-0.25, -0.2) is 0 Å². The van der Waals surface area contributed by atoms with Crippen LogP contribution in [0.1, 0.15) is 6.92 Å². The summed E-state index contributed by atoms with van der Waals surface area (Å²) < 4.78 is 5.55. The first kappa shape index (κ1) is 15.0. The second kappa shape index (κ2) is 5.59. The van der Waals surface area contributed by atoms with Crippen molar-refractivity contribution in [3.05, 3.63) is 60.9 Å². The van der Waals surface area contributed by atoms with Crippen molar-refractivity contribution in [3.63, 3.8) is 0 Å². The van der Waals surface area contributed by atoms with E-state index in [4.69, 9.17) is 4.74 Å². The van der Waals surface area contributed by atoms with Gasteiger partial charge in [-0.3, -0.25) is 9.97 Å². The number of fused-ring (bicyclic) bond motifs is 4. The minimum atomic E-state index is 0.0786. The number of methoxy groups -OCH3 is 1. The number of hydrogen-bond acceptors (Lipinski definition) is 5. The zero-order valence-corrected chi connectivity index (χ0v) is 14.6. The van der Waals surface area contributed by atoms with Crippen molar-refractivity contribution >= 4 is 38.9 Å². The van der Waals surface area contributed by atoms with Gasteiger partial charge in [0.1, 0.15) is 11.9 Å². The number of pyridine rings is 2. The van der Waals surface area contributed by atoms with E-state index in [1.54, 1.807) is 7.11 Å². The van der Waals surface area contributed by atoms with Crippen molar-refractivity contribution in [2.75, 3.05) is 17.3 Å². The van der Waals surface area contributed by atoms with E-state index in [0.29, 0.717) is 0 Å². The molecule has 5 rings (SSSR count). The molecule has 5 heteroatoms. The predicted molar refractivity (Wildman–Crippen MR) is 105 cm³/mol. The van der Waals surface area contributed by atoms with Gasteiger partial charge in [0, 0.05) is 23.0 Å². The summed E-state index contributed by atoms with van der Waals surface area (Å²) >= 11 is 0. The summed E-state index contributed by atoms with van der Waals surface area (Å²) in [6, 6.07) is 16.3. The van der Waals surface area contributed by atoms with Crippen molar-refractivity contribution in [1.29, 1.82) is 0 Å². The van der Waals surface area contributed by atoms with Gasteiger partial charge in [-0.1, -0.05) is 24.3 Å². The maximum Gasteiger partial charge on any atom is 0.121 e. The predicted octanol–water partition coefficient (Wildman–Crippen LogP) is 4.70. The highest BCUT2D eigenvalue weighted by atomic mass is 16.5. The average Bonchev–Trinajstić information content (AvgIpc) is 3.03. The molecule has 26 heavy (non-hydrogen) atoms. The highest BCUT2D eigenvalue weighted by Gasteiger charge is 2.30. The molecule has 2 aromatic carbocycles. The Bertz CT molecular complexity index is 1140. The molecular formula is C21H18N4O. The van der Waals surface area contributed by atoms with Crippen LogP contribution >= 0.6 is 0 Å². The van der Waals surface area contributed by atoms with Crippen molar-refractivity contribution in [2.45, 2.75) is 13.1 Å². The van der Waals surface area contributed by atoms with Crippen LogP contribution in [0.3, 0.4) is 0 Å². The van der Waals surface area contributed by atoms with Gasteiger partial charge in [0.25, 0.3) is 0 Å². The minimum absolute atomic E-state index is 0.0786. The maximum atomic E-state index is 5.55. The van der Waals surface area contributed by atoms with E-state index in [1.807, 2.05) is 42.7 Å². The molecule has 2 aromatic heterocycles. The number of benzene rings is 2. The molecular weight excluding hydrogens is 324 g/mol. The summed E-state index contributed by atoms with van der Waals surface area (Å²) in [5, 5.41) is 5.71. The number of nitrogens with zero attached hydrogens (tertiary/aromatic N) is 3. The molecule has 1 aliphatic rings. The highest BCUT2D eigenvalue weighted by molar-refractivity contribution is 6.06. The Morgan fingerprint density at radius 2 is 1.96 bits per heavy atom. The van der Waals surface area contributed by atoms with Crippen molar-refractivity contribution in [1.82, 2.24) is 9.97 Å². The molecule has 0 fully saturated rings. The van der Waals surface area contributed by atoms with E-state index in [9.17, 15) is 0 Å². The molecule has 0 bridgehead atoms. The Hall–Kier alpha value is -3.34. The number of nitrogens with one attached hydrogen (secondary N) is 1. The Balaban J connectivity index is 1.83. The molecule has 0 aliphatic carbocycles. The van der Waals surface area contributed by atoms with Gasteiger partial charge in [-0.15, -0.1) is 0 Å². The molecule has 1 atom stereocenters. The molecule has 0 spiro atoms. The van der Waals surface area contributed by atoms with Crippen LogP contribution in [0.25, 0.3) is 21.8 Å². The smallest absolute Gasteiger partial charge is 0.121 e. The van der Waals surface area contributed by atoms with Gasteiger partial charge in [0.15, 0.2) is 0 Å². The molecule has 0 amide bonds. The second-order valence-electron chi connectivity index (χ2n) is 6.45. The van der Waals surface area contributed by atoms with Crippen LogP contribution < -0.4 is 15.0 Å². The number of aromatic nitrogens is 2. The molecule has 1 aliphatic heterocycles. The van der Waals surface area contributed by atoms with E-state index >= 15 is 0 Å². The lowest BCUT2D eigenvalue weighted by atomic mass is 10.1. The second-order valence-corrected chi connectivity index (χ2v) is 6.45. The molecule has 0 saturated carbocycles.